The minimum absolute atomic E-state index is 0.0113. The maximum absolute atomic E-state index is 13.3. The molecule has 0 spiro atoms. The first-order chi connectivity index (χ1) is 20.9. The number of carbonyl (C=O) groups excluding carboxylic acids is 2. The van der Waals surface area contributed by atoms with Crippen LogP contribution in [-0.4, -0.2) is 57.7 Å². The summed E-state index contributed by atoms with van der Waals surface area (Å²) < 4.78 is 45.2. The molecule has 0 aliphatic carbocycles. The van der Waals surface area contributed by atoms with Crippen LogP contribution >= 0.6 is 0 Å². The van der Waals surface area contributed by atoms with Crippen molar-refractivity contribution in [1.29, 1.82) is 0 Å². The molecule has 1 aliphatic rings. The zero-order chi connectivity index (χ0) is 31.8. The van der Waals surface area contributed by atoms with Crippen LogP contribution in [0.4, 0.5) is 13.6 Å². The number of ether oxygens (including phenoxy) is 3. The van der Waals surface area contributed by atoms with E-state index in [1.54, 1.807) is 25.4 Å². The van der Waals surface area contributed by atoms with Gasteiger partial charge in [-0.3, -0.25) is 9.47 Å². The Morgan fingerprint density at radius 2 is 1.82 bits per heavy atom. The normalized spacial score (nSPS) is 17.7. The number of rotatable bonds is 7. The van der Waals surface area contributed by atoms with Crippen LogP contribution in [0.5, 0.6) is 5.75 Å². The predicted octanol–water partition coefficient (Wildman–Crippen LogP) is 7.24. The highest BCUT2D eigenvalue weighted by atomic mass is 19.3. The van der Waals surface area contributed by atoms with E-state index < -0.39 is 24.2 Å². The molecule has 2 aromatic heterocycles. The molecule has 1 fully saturated rings. The first-order valence-electron chi connectivity index (χ1n) is 14.6. The highest BCUT2D eigenvalue weighted by Gasteiger charge is 2.33. The van der Waals surface area contributed by atoms with Gasteiger partial charge in [0, 0.05) is 35.9 Å². The SMILES string of the molecule is COC(=O)c1ccc([C@@H]2CC(c3cnn(C(F)F)c3)CCN2Cc2c(OC)cc(C)c3c2ccn3C(=O)OC(C)(C)C)cc1. The fourth-order valence-corrected chi connectivity index (χ4v) is 6.06. The summed E-state index contributed by atoms with van der Waals surface area (Å²) in [7, 11) is 2.97. The minimum Gasteiger partial charge on any atom is -0.496 e. The van der Waals surface area contributed by atoms with Gasteiger partial charge in [-0.05, 0) is 94.0 Å². The number of hydrogen-bond acceptors (Lipinski definition) is 7. The van der Waals surface area contributed by atoms with Crippen molar-refractivity contribution in [2.75, 3.05) is 20.8 Å². The van der Waals surface area contributed by atoms with Gasteiger partial charge in [0.2, 0.25) is 0 Å². The van der Waals surface area contributed by atoms with Gasteiger partial charge in [0.05, 0.1) is 31.5 Å². The van der Waals surface area contributed by atoms with Crippen LogP contribution in [0.15, 0.2) is 55.0 Å². The Hall–Kier alpha value is -4.25. The van der Waals surface area contributed by atoms with Gasteiger partial charge in [-0.15, -0.1) is 0 Å². The summed E-state index contributed by atoms with van der Waals surface area (Å²) in [6.45, 7) is 5.90. The number of carbonyl (C=O) groups is 2. The van der Waals surface area contributed by atoms with E-state index in [1.807, 2.05) is 52.0 Å². The van der Waals surface area contributed by atoms with Crippen LogP contribution in [0.3, 0.4) is 0 Å². The second-order valence-corrected chi connectivity index (χ2v) is 12.2. The molecule has 2 aromatic carbocycles. The summed E-state index contributed by atoms with van der Waals surface area (Å²) >= 11 is 0. The molecule has 2 atom stereocenters. The first kappa shape index (κ1) is 31.2. The zero-order valence-corrected chi connectivity index (χ0v) is 25.8. The van der Waals surface area contributed by atoms with E-state index in [0.29, 0.717) is 35.5 Å². The number of likely N-dealkylation sites (tertiary alicyclic amines) is 1. The van der Waals surface area contributed by atoms with Crippen LogP contribution in [0.1, 0.15) is 84.7 Å². The zero-order valence-electron chi connectivity index (χ0n) is 25.8. The predicted molar refractivity (Wildman–Crippen MR) is 161 cm³/mol. The molecular weight excluding hydrogens is 570 g/mol. The molecule has 4 aromatic rings. The first-order valence-corrected chi connectivity index (χ1v) is 14.6. The van der Waals surface area contributed by atoms with Crippen molar-refractivity contribution in [2.24, 2.45) is 0 Å². The average Bonchev–Trinajstić information content (AvgIpc) is 3.66. The van der Waals surface area contributed by atoms with E-state index in [-0.39, 0.29) is 12.0 Å². The molecule has 0 amide bonds. The molecule has 9 nitrogen and oxygen atoms in total. The van der Waals surface area contributed by atoms with Gasteiger partial charge in [0.1, 0.15) is 11.4 Å². The highest BCUT2D eigenvalue weighted by molar-refractivity contribution is 5.95. The van der Waals surface area contributed by atoms with Gasteiger partial charge < -0.3 is 14.2 Å². The highest BCUT2D eigenvalue weighted by Crippen LogP contribution is 2.42. The van der Waals surface area contributed by atoms with Crippen molar-refractivity contribution in [3.63, 3.8) is 0 Å². The standard InChI is InChI=1S/C33H38F2N4O5/c1-20-15-28(42-5)26(25-12-14-38(29(20)25)32(41)44-33(2,3)4)19-37-13-11-23(24-17-36-39(18-24)31(34)35)16-27(37)21-7-9-22(10-8-21)30(40)43-6/h7-10,12,14-15,17-18,23,27,31H,11,13,16,19H2,1-6H3/t23?,27-/m0/s1. The van der Waals surface area contributed by atoms with Gasteiger partial charge in [0.25, 0.3) is 0 Å². The Bertz CT molecular complexity index is 1660. The molecule has 1 unspecified atom stereocenters. The molecular formula is C33H38F2N4O5. The number of hydrogen-bond donors (Lipinski definition) is 0. The summed E-state index contributed by atoms with van der Waals surface area (Å²) in [5, 5.41) is 4.75. The number of halogens is 2. The molecule has 1 aliphatic heterocycles. The molecule has 3 heterocycles. The van der Waals surface area contributed by atoms with E-state index in [1.165, 1.54) is 24.1 Å². The number of aromatic nitrogens is 3. The van der Waals surface area contributed by atoms with Crippen molar-refractivity contribution >= 4 is 23.0 Å². The van der Waals surface area contributed by atoms with E-state index >= 15 is 0 Å². The van der Waals surface area contributed by atoms with Gasteiger partial charge >= 0.3 is 18.6 Å². The number of esters is 1. The Morgan fingerprint density at radius 3 is 2.43 bits per heavy atom. The average molecular weight is 609 g/mol. The van der Waals surface area contributed by atoms with Gasteiger partial charge in [-0.1, -0.05) is 12.1 Å². The molecule has 11 heteroatoms. The topological polar surface area (TPSA) is 87.8 Å². The fraction of sp³-hybridized carbons (Fsp3) is 0.424. The minimum atomic E-state index is -2.70. The van der Waals surface area contributed by atoms with E-state index in [9.17, 15) is 18.4 Å². The van der Waals surface area contributed by atoms with Crippen LogP contribution in [0.25, 0.3) is 10.9 Å². The lowest BCUT2D eigenvalue weighted by Crippen LogP contribution is -2.36. The number of nitrogens with zero attached hydrogens (tertiary/aromatic N) is 4. The third kappa shape index (κ3) is 6.33. The van der Waals surface area contributed by atoms with Crippen molar-refractivity contribution in [3.05, 3.63) is 82.8 Å². The van der Waals surface area contributed by atoms with Gasteiger partial charge in [0.15, 0.2) is 0 Å². The van der Waals surface area contributed by atoms with E-state index in [2.05, 4.69) is 10.00 Å². The van der Waals surface area contributed by atoms with Gasteiger partial charge in [-0.2, -0.15) is 13.9 Å². The van der Waals surface area contributed by atoms with Crippen LogP contribution in [0, 0.1) is 6.92 Å². The molecule has 1 saturated heterocycles. The lowest BCUT2D eigenvalue weighted by molar-refractivity contribution is 0.0541. The summed E-state index contributed by atoms with van der Waals surface area (Å²) in [5.41, 5.74) is 4.10. The smallest absolute Gasteiger partial charge is 0.419 e. The monoisotopic (exact) mass is 608 g/mol. The molecule has 5 rings (SSSR count). The van der Waals surface area contributed by atoms with Crippen LogP contribution < -0.4 is 4.74 Å². The van der Waals surface area contributed by atoms with Crippen molar-refractivity contribution in [3.8, 4) is 5.75 Å². The molecule has 0 radical (unpaired) electrons. The molecule has 0 bridgehead atoms. The summed E-state index contributed by atoms with van der Waals surface area (Å²) in [6, 6.07) is 11.0. The Kier molecular flexibility index (Phi) is 8.78. The van der Waals surface area contributed by atoms with Crippen molar-refractivity contribution in [2.45, 2.75) is 71.2 Å². The summed E-state index contributed by atoms with van der Waals surface area (Å²) in [5.74, 6) is 0.296. The Morgan fingerprint density at radius 1 is 1.09 bits per heavy atom. The van der Waals surface area contributed by atoms with E-state index in [0.717, 1.165) is 39.6 Å². The summed E-state index contributed by atoms with van der Waals surface area (Å²) in [6.07, 6.45) is 5.61. The second kappa shape index (κ2) is 12.4. The third-order valence-corrected chi connectivity index (χ3v) is 8.12. The van der Waals surface area contributed by atoms with Crippen LogP contribution in [0.2, 0.25) is 0 Å². The van der Waals surface area contributed by atoms with Crippen molar-refractivity contribution in [1.82, 2.24) is 19.2 Å². The van der Waals surface area contributed by atoms with E-state index in [4.69, 9.17) is 14.2 Å². The largest absolute Gasteiger partial charge is 0.496 e. The Balaban J connectivity index is 1.53. The molecule has 44 heavy (non-hydrogen) atoms. The lowest BCUT2D eigenvalue weighted by atomic mass is 9.83. The fourth-order valence-electron chi connectivity index (χ4n) is 6.06. The third-order valence-electron chi connectivity index (χ3n) is 8.12. The maximum atomic E-state index is 13.3. The molecule has 234 valence electrons. The quantitative estimate of drug-likeness (QED) is 0.204. The Labute approximate surface area is 255 Å². The van der Waals surface area contributed by atoms with Crippen LogP contribution in [-0.2, 0) is 16.0 Å². The summed E-state index contributed by atoms with van der Waals surface area (Å²) in [4.78, 5) is 27.5. The number of fused-ring (bicyclic) bond motifs is 1. The molecule has 0 saturated carbocycles. The number of alkyl halides is 2. The number of methoxy groups -OCH3 is 2. The molecule has 0 N–H and O–H groups in total. The number of piperidine rings is 1. The van der Waals surface area contributed by atoms with Gasteiger partial charge in [-0.25, -0.2) is 14.3 Å². The van der Waals surface area contributed by atoms with Crippen molar-refractivity contribution < 1.29 is 32.6 Å². The maximum Gasteiger partial charge on any atom is 0.419 e. The lowest BCUT2D eigenvalue weighted by Gasteiger charge is -2.40. The number of aryl methyl sites for hydroxylation is 1. The number of benzene rings is 2. The second-order valence-electron chi connectivity index (χ2n) is 12.2.